The van der Waals surface area contributed by atoms with Crippen molar-refractivity contribution in [2.24, 2.45) is 5.92 Å². The van der Waals surface area contributed by atoms with E-state index in [2.05, 4.69) is 19.2 Å². The molecule has 6 nitrogen and oxygen atoms in total. The average Bonchev–Trinajstić information content (AvgIpc) is 2.81. The summed E-state index contributed by atoms with van der Waals surface area (Å²) in [7, 11) is -1.55. The first-order valence-corrected chi connectivity index (χ1v) is 10.1. The van der Waals surface area contributed by atoms with E-state index >= 15 is 0 Å². The zero-order valence-electron chi connectivity index (χ0n) is 14.2. The van der Waals surface area contributed by atoms with Crippen molar-refractivity contribution < 1.29 is 17.9 Å². The van der Waals surface area contributed by atoms with Crippen LogP contribution in [0, 0.1) is 5.92 Å². The highest BCUT2D eigenvalue weighted by atomic mass is 32.2. The molecular weight excluding hydrogens is 328 g/mol. The number of methoxy groups -OCH3 is 1. The van der Waals surface area contributed by atoms with Gasteiger partial charge in [0, 0.05) is 11.7 Å². The predicted molar refractivity (Wildman–Crippen MR) is 93.1 cm³/mol. The second-order valence-corrected chi connectivity index (χ2v) is 9.16. The zero-order chi connectivity index (χ0) is 17.5. The summed E-state index contributed by atoms with van der Waals surface area (Å²) in [6.45, 7) is 4.12. The number of hydrogen-bond donors (Lipinski definition) is 1. The minimum absolute atomic E-state index is 0.0107. The van der Waals surface area contributed by atoms with Crippen molar-refractivity contribution in [3.63, 3.8) is 0 Å². The molecule has 2 saturated heterocycles. The summed E-state index contributed by atoms with van der Waals surface area (Å²) < 4.78 is 29.4. The lowest BCUT2D eigenvalue weighted by molar-refractivity contribution is -0.123. The van der Waals surface area contributed by atoms with Crippen LogP contribution in [-0.4, -0.2) is 51.1 Å². The quantitative estimate of drug-likeness (QED) is 0.882. The zero-order valence-corrected chi connectivity index (χ0v) is 15.0. The third-order valence-corrected chi connectivity index (χ3v) is 6.38. The minimum atomic E-state index is -3.14. The number of nitrogens with zero attached hydrogens (tertiary/aromatic N) is 1. The number of nitrogens with one attached hydrogen (secondary N) is 1. The number of carbonyl (C=O) groups is 1. The van der Waals surface area contributed by atoms with Gasteiger partial charge in [-0.05, 0) is 36.6 Å². The van der Waals surface area contributed by atoms with Gasteiger partial charge < -0.3 is 9.64 Å². The Bertz CT molecular complexity index is 715. The third kappa shape index (κ3) is 3.28. The normalized spacial score (nSPS) is 28.9. The molecule has 2 fully saturated rings. The van der Waals surface area contributed by atoms with Crippen molar-refractivity contribution in [1.82, 2.24) is 5.32 Å². The molecule has 0 unspecified atom stereocenters. The summed E-state index contributed by atoms with van der Waals surface area (Å²) >= 11 is 0. The number of rotatable bonds is 4. The number of ether oxygens (including phenoxy) is 1. The summed E-state index contributed by atoms with van der Waals surface area (Å²) in [6, 6.07) is 6.31. The Hall–Kier alpha value is -1.60. The predicted octanol–water partition coefficient (Wildman–Crippen LogP) is 1.21. The van der Waals surface area contributed by atoms with Gasteiger partial charge in [0.15, 0.2) is 9.84 Å². The molecule has 132 valence electrons. The van der Waals surface area contributed by atoms with Gasteiger partial charge in [0.05, 0.1) is 30.7 Å². The molecule has 0 spiro atoms. The highest BCUT2D eigenvalue weighted by molar-refractivity contribution is 7.91. The van der Waals surface area contributed by atoms with Crippen LogP contribution in [0.5, 0.6) is 5.75 Å². The van der Waals surface area contributed by atoms with Gasteiger partial charge in [-0.2, -0.15) is 0 Å². The molecule has 0 aromatic heterocycles. The van der Waals surface area contributed by atoms with Crippen LogP contribution in [-0.2, 0) is 14.6 Å². The van der Waals surface area contributed by atoms with Gasteiger partial charge in [-0.3, -0.25) is 10.1 Å². The van der Waals surface area contributed by atoms with Crippen LogP contribution in [0.1, 0.15) is 20.3 Å². The monoisotopic (exact) mass is 352 g/mol. The van der Waals surface area contributed by atoms with Gasteiger partial charge in [-0.15, -0.1) is 0 Å². The lowest BCUT2D eigenvalue weighted by Crippen LogP contribution is -2.65. The van der Waals surface area contributed by atoms with Gasteiger partial charge in [-0.1, -0.05) is 13.8 Å². The Balaban J connectivity index is 1.96. The van der Waals surface area contributed by atoms with E-state index in [4.69, 9.17) is 4.74 Å². The topological polar surface area (TPSA) is 75.7 Å². The van der Waals surface area contributed by atoms with Crippen LogP contribution in [0.25, 0.3) is 0 Å². The Labute approximate surface area is 143 Å². The molecule has 3 atom stereocenters. The van der Waals surface area contributed by atoms with E-state index in [1.165, 1.54) is 0 Å². The second-order valence-electron chi connectivity index (χ2n) is 7.01. The molecule has 2 aliphatic heterocycles. The third-order valence-electron chi connectivity index (χ3n) is 4.66. The molecule has 3 rings (SSSR count). The fourth-order valence-corrected chi connectivity index (χ4v) is 5.51. The fraction of sp³-hybridized carbons (Fsp3) is 0.588. The van der Waals surface area contributed by atoms with Gasteiger partial charge in [0.1, 0.15) is 5.75 Å². The van der Waals surface area contributed by atoms with Crippen molar-refractivity contribution in [3.8, 4) is 5.75 Å². The molecule has 0 radical (unpaired) electrons. The average molecular weight is 352 g/mol. The summed E-state index contributed by atoms with van der Waals surface area (Å²) in [4.78, 5) is 14.7. The van der Waals surface area contributed by atoms with E-state index in [-0.39, 0.29) is 35.5 Å². The van der Waals surface area contributed by atoms with Gasteiger partial charge >= 0.3 is 0 Å². The van der Waals surface area contributed by atoms with Crippen LogP contribution in [0.2, 0.25) is 0 Å². The van der Waals surface area contributed by atoms with Crippen molar-refractivity contribution in [2.45, 2.75) is 38.4 Å². The van der Waals surface area contributed by atoms with E-state index in [1.54, 1.807) is 24.1 Å². The molecule has 2 aliphatic rings. The number of carbonyl (C=O) groups excluding carboxylic acids is 1. The van der Waals surface area contributed by atoms with Crippen molar-refractivity contribution >= 4 is 21.4 Å². The SMILES string of the molecule is COc1ccc(N2C(=O)[C@H](CC(C)C)N[C@@H]3CS(=O)(=O)C[C@@H]32)cc1. The summed E-state index contributed by atoms with van der Waals surface area (Å²) in [5.74, 6) is 1.10. The largest absolute Gasteiger partial charge is 0.497 e. The van der Waals surface area contributed by atoms with Crippen LogP contribution in [0.15, 0.2) is 24.3 Å². The molecule has 1 N–H and O–H groups in total. The number of fused-ring (bicyclic) bond motifs is 1. The number of benzene rings is 1. The highest BCUT2D eigenvalue weighted by Gasteiger charge is 2.49. The van der Waals surface area contributed by atoms with Crippen molar-refractivity contribution in [3.05, 3.63) is 24.3 Å². The molecule has 2 heterocycles. The van der Waals surface area contributed by atoms with E-state index in [0.717, 1.165) is 5.69 Å². The maximum atomic E-state index is 13.0. The van der Waals surface area contributed by atoms with E-state index in [1.807, 2.05) is 12.1 Å². The number of sulfone groups is 1. The molecule has 24 heavy (non-hydrogen) atoms. The smallest absolute Gasteiger partial charge is 0.244 e. The summed E-state index contributed by atoms with van der Waals surface area (Å²) in [6.07, 6.45) is 0.689. The fourth-order valence-electron chi connectivity index (χ4n) is 3.61. The van der Waals surface area contributed by atoms with E-state index in [9.17, 15) is 13.2 Å². The van der Waals surface area contributed by atoms with Crippen molar-refractivity contribution in [1.29, 1.82) is 0 Å². The number of anilines is 1. The van der Waals surface area contributed by atoms with Crippen LogP contribution in [0.3, 0.4) is 0 Å². The first-order valence-electron chi connectivity index (χ1n) is 8.24. The molecule has 0 aliphatic carbocycles. The Morgan fingerprint density at radius 1 is 1.25 bits per heavy atom. The molecule has 0 saturated carbocycles. The molecule has 0 bridgehead atoms. The molecular formula is C17H24N2O4S. The van der Waals surface area contributed by atoms with Gasteiger partial charge in [0.2, 0.25) is 5.91 Å². The van der Waals surface area contributed by atoms with E-state index < -0.39 is 9.84 Å². The molecule has 1 aromatic rings. The number of amides is 1. The lowest BCUT2D eigenvalue weighted by atomic mass is 9.95. The summed E-state index contributed by atoms with van der Waals surface area (Å²) in [5, 5.41) is 3.28. The van der Waals surface area contributed by atoms with Crippen molar-refractivity contribution in [2.75, 3.05) is 23.5 Å². The molecule has 7 heteroatoms. The minimum Gasteiger partial charge on any atom is -0.497 e. The number of hydrogen-bond acceptors (Lipinski definition) is 5. The Morgan fingerprint density at radius 3 is 2.50 bits per heavy atom. The lowest BCUT2D eigenvalue weighted by Gasteiger charge is -2.42. The Kier molecular flexibility index (Phi) is 4.57. The van der Waals surface area contributed by atoms with Gasteiger partial charge in [-0.25, -0.2) is 8.42 Å². The first-order chi connectivity index (χ1) is 11.3. The Morgan fingerprint density at radius 2 is 1.92 bits per heavy atom. The van der Waals surface area contributed by atoms with Crippen LogP contribution >= 0.6 is 0 Å². The summed E-state index contributed by atoms with van der Waals surface area (Å²) in [5.41, 5.74) is 0.725. The second kappa shape index (κ2) is 6.37. The first kappa shape index (κ1) is 17.2. The highest BCUT2D eigenvalue weighted by Crippen LogP contribution is 2.31. The van der Waals surface area contributed by atoms with Crippen LogP contribution in [0.4, 0.5) is 5.69 Å². The molecule has 1 amide bonds. The van der Waals surface area contributed by atoms with Crippen LogP contribution < -0.4 is 15.0 Å². The molecule has 1 aromatic carbocycles. The maximum Gasteiger partial charge on any atom is 0.244 e. The maximum absolute atomic E-state index is 13.0. The number of piperazine rings is 1. The standard InChI is InChI=1S/C17H24N2O4S/c1-11(2)8-14-17(20)19(12-4-6-13(23-3)7-5-12)16-10-24(21,22)9-15(16)18-14/h4-7,11,14-16,18H,8-10H2,1-3H3/t14-,15+,16-/m0/s1. The van der Waals surface area contributed by atoms with E-state index in [0.29, 0.717) is 18.1 Å². The van der Waals surface area contributed by atoms with Gasteiger partial charge in [0.25, 0.3) is 0 Å².